The first kappa shape index (κ1) is 21.2. The van der Waals surface area contributed by atoms with Gasteiger partial charge in [-0.25, -0.2) is 27.8 Å². The average molecular weight is 435 g/mol. The molecule has 10 heteroatoms. The number of aromatic nitrogens is 4. The van der Waals surface area contributed by atoms with Crippen LogP contribution in [0.25, 0.3) is 5.82 Å². The van der Waals surface area contributed by atoms with E-state index in [1.165, 1.54) is 0 Å². The van der Waals surface area contributed by atoms with Crippen LogP contribution in [-0.2, 0) is 15.8 Å². The summed E-state index contributed by atoms with van der Waals surface area (Å²) in [6.07, 6.45) is 0. The molecule has 0 bridgehead atoms. The van der Waals surface area contributed by atoms with E-state index < -0.39 is 10.0 Å². The van der Waals surface area contributed by atoms with Gasteiger partial charge in [-0.3, -0.25) is 0 Å². The van der Waals surface area contributed by atoms with Gasteiger partial charge in [-0.15, -0.1) is 0 Å². The van der Waals surface area contributed by atoms with Crippen molar-refractivity contribution in [2.45, 2.75) is 26.5 Å². The Labute approximate surface area is 175 Å². The molecule has 2 N–H and O–H groups in total. The van der Waals surface area contributed by atoms with E-state index in [0.29, 0.717) is 34.6 Å². The third-order valence-electron chi connectivity index (χ3n) is 4.05. The highest BCUT2D eigenvalue weighted by Gasteiger charge is 2.12. The van der Waals surface area contributed by atoms with Crippen molar-refractivity contribution in [2.24, 2.45) is 0 Å². The largest absolute Gasteiger partial charge is 0.369 e. The van der Waals surface area contributed by atoms with E-state index >= 15 is 0 Å². The summed E-state index contributed by atoms with van der Waals surface area (Å²) < 4.78 is 28.8. The third kappa shape index (κ3) is 5.99. The Bertz CT molecular complexity index is 1110. The summed E-state index contributed by atoms with van der Waals surface area (Å²) in [5, 5.41) is 8.07. The molecule has 2 aromatic heterocycles. The van der Waals surface area contributed by atoms with E-state index in [-0.39, 0.29) is 12.3 Å². The molecule has 0 saturated carbocycles. The van der Waals surface area contributed by atoms with Crippen LogP contribution in [0, 0.1) is 20.8 Å². The van der Waals surface area contributed by atoms with Gasteiger partial charge in [0.25, 0.3) is 0 Å². The molecule has 0 unspecified atom stereocenters. The van der Waals surface area contributed by atoms with Crippen molar-refractivity contribution in [3.8, 4) is 5.82 Å². The summed E-state index contributed by atoms with van der Waals surface area (Å²) in [5.41, 5.74) is 2.52. The molecule has 3 rings (SSSR count). The molecule has 0 aliphatic carbocycles. The zero-order valence-corrected chi connectivity index (χ0v) is 18.0. The predicted molar refractivity (Wildman–Crippen MR) is 114 cm³/mol. The molecule has 154 valence electrons. The number of nitrogens with zero attached hydrogens (tertiary/aromatic N) is 4. The van der Waals surface area contributed by atoms with Crippen molar-refractivity contribution in [3.63, 3.8) is 0 Å². The lowest BCUT2D eigenvalue weighted by molar-refractivity contribution is 0.582. The van der Waals surface area contributed by atoms with Gasteiger partial charge in [0.2, 0.25) is 10.0 Å². The molecule has 0 amide bonds. The summed E-state index contributed by atoms with van der Waals surface area (Å²) in [6.45, 7) is 6.28. The molecule has 0 aliphatic rings. The highest BCUT2D eigenvalue weighted by atomic mass is 35.5. The Balaban J connectivity index is 1.58. The van der Waals surface area contributed by atoms with Crippen LogP contribution in [-0.4, -0.2) is 41.3 Å². The molecular formula is C19H23ClN6O2S. The first-order valence-electron chi connectivity index (χ1n) is 9.07. The summed E-state index contributed by atoms with van der Waals surface area (Å²) in [4.78, 5) is 8.78. The highest BCUT2D eigenvalue weighted by Crippen LogP contribution is 2.14. The van der Waals surface area contributed by atoms with Gasteiger partial charge >= 0.3 is 0 Å². The van der Waals surface area contributed by atoms with Crippen LogP contribution in [0.5, 0.6) is 0 Å². The van der Waals surface area contributed by atoms with Crippen molar-refractivity contribution in [3.05, 3.63) is 64.2 Å². The van der Waals surface area contributed by atoms with Gasteiger partial charge < -0.3 is 5.32 Å². The van der Waals surface area contributed by atoms with Crippen LogP contribution in [0.1, 0.15) is 22.8 Å². The summed E-state index contributed by atoms with van der Waals surface area (Å²) in [7, 11) is -3.46. The fourth-order valence-corrected chi connectivity index (χ4v) is 4.25. The van der Waals surface area contributed by atoms with E-state index in [2.05, 4.69) is 25.1 Å². The lowest BCUT2D eigenvalue weighted by atomic mass is 10.2. The number of sulfonamides is 1. The fourth-order valence-electron chi connectivity index (χ4n) is 2.91. The molecule has 29 heavy (non-hydrogen) atoms. The minimum absolute atomic E-state index is 0.123. The minimum Gasteiger partial charge on any atom is -0.369 e. The van der Waals surface area contributed by atoms with Gasteiger partial charge in [0.15, 0.2) is 5.82 Å². The molecule has 0 radical (unpaired) electrons. The van der Waals surface area contributed by atoms with Crippen LogP contribution >= 0.6 is 11.6 Å². The molecule has 3 aromatic rings. The predicted octanol–water partition coefficient (Wildman–Crippen LogP) is 2.77. The number of benzene rings is 1. The lowest BCUT2D eigenvalue weighted by Gasteiger charge is -2.11. The standard InChI is InChI=1S/C19H23ClN6O2S/c1-13-9-14(2)26(25-13)19-11-18(23-15(3)24-19)21-7-8-22-29(27,28)12-16-5-4-6-17(20)10-16/h4-6,9-11,22H,7-8,12H2,1-3H3,(H,21,23,24). The Hall–Kier alpha value is -2.49. The van der Waals surface area contributed by atoms with Gasteiger partial charge in [0.05, 0.1) is 11.4 Å². The van der Waals surface area contributed by atoms with Crippen molar-refractivity contribution in [1.29, 1.82) is 0 Å². The molecule has 1 aromatic carbocycles. The Morgan fingerprint density at radius 1 is 1.07 bits per heavy atom. The van der Waals surface area contributed by atoms with Gasteiger partial charge in [-0.05, 0) is 44.5 Å². The quantitative estimate of drug-likeness (QED) is 0.528. The van der Waals surface area contributed by atoms with E-state index in [0.717, 1.165) is 11.4 Å². The lowest BCUT2D eigenvalue weighted by Crippen LogP contribution is -2.30. The van der Waals surface area contributed by atoms with Crippen LogP contribution in [0.2, 0.25) is 5.02 Å². The molecule has 0 aliphatic heterocycles. The maximum atomic E-state index is 12.2. The number of nitrogens with one attached hydrogen (secondary N) is 2. The number of hydrogen-bond acceptors (Lipinski definition) is 6. The average Bonchev–Trinajstić information content (AvgIpc) is 2.96. The fraction of sp³-hybridized carbons (Fsp3) is 0.316. The molecule has 0 spiro atoms. The molecule has 0 atom stereocenters. The number of rotatable bonds is 8. The van der Waals surface area contributed by atoms with E-state index in [1.807, 2.05) is 19.9 Å². The Morgan fingerprint density at radius 3 is 2.55 bits per heavy atom. The summed E-state index contributed by atoms with van der Waals surface area (Å²) in [6, 6.07) is 10.6. The van der Waals surface area contributed by atoms with E-state index in [9.17, 15) is 8.42 Å². The molecule has 0 fully saturated rings. The van der Waals surface area contributed by atoms with Gasteiger partial charge in [0, 0.05) is 29.9 Å². The van der Waals surface area contributed by atoms with Gasteiger partial charge in [-0.1, -0.05) is 23.7 Å². The normalized spacial score (nSPS) is 11.6. The topological polar surface area (TPSA) is 102 Å². The molecular weight excluding hydrogens is 412 g/mol. The van der Waals surface area contributed by atoms with E-state index in [1.54, 1.807) is 41.9 Å². The van der Waals surface area contributed by atoms with E-state index in [4.69, 9.17) is 11.6 Å². The molecule has 2 heterocycles. The highest BCUT2D eigenvalue weighted by molar-refractivity contribution is 7.88. The van der Waals surface area contributed by atoms with Gasteiger partial charge in [0.1, 0.15) is 11.6 Å². The Kier molecular flexibility index (Phi) is 6.51. The van der Waals surface area contributed by atoms with Gasteiger partial charge in [-0.2, -0.15) is 5.10 Å². The number of hydrogen-bond donors (Lipinski definition) is 2. The van der Waals surface area contributed by atoms with Crippen molar-refractivity contribution in [2.75, 3.05) is 18.4 Å². The zero-order valence-electron chi connectivity index (χ0n) is 16.5. The first-order valence-corrected chi connectivity index (χ1v) is 11.1. The number of aryl methyl sites for hydroxylation is 3. The van der Waals surface area contributed by atoms with Crippen LogP contribution in [0.3, 0.4) is 0 Å². The number of anilines is 1. The van der Waals surface area contributed by atoms with Crippen molar-refractivity contribution in [1.82, 2.24) is 24.5 Å². The van der Waals surface area contributed by atoms with Crippen molar-refractivity contribution >= 4 is 27.4 Å². The van der Waals surface area contributed by atoms with Crippen LogP contribution in [0.4, 0.5) is 5.82 Å². The summed E-state index contributed by atoms with van der Waals surface area (Å²) >= 11 is 5.91. The molecule has 8 nitrogen and oxygen atoms in total. The minimum atomic E-state index is -3.46. The second-order valence-corrected chi connectivity index (χ2v) is 8.95. The maximum absolute atomic E-state index is 12.2. The summed E-state index contributed by atoms with van der Waals surface area (Å²) in [5.74, 6) is 1.74. The van der Waals surface area contributed by atoms with Crippen molar-refractivity contribution < 1.29 is 8.42 Å². The Morgan fingerprint density at radius 2 is 1.86 bits per heavy atom. The zero-order chi connectivity index (χ0) is 21.0. The van der Waals surface area contributed by atoms with Crippen LogP contribution in [0.15, 0.2) is 36.4 Å². The SMILES string of the molecule is Cc1cc(C)n(-c2cc(NCCNS(=O)(=O)Cc3cccc(Cl)c3)nc(C)n2)n1. The monoisotopic (exact) mass is 434 g/mol. The first-order chi connectivity index (χ1) is 13.7. The number of halogens is 1. The smallest absolute Gasteiger partial charge is 0.215 e. The molecule has 0 saturated heterocycles. The second kappa shape index (κ2) is 8.89. The van der Waals surface area contributed by atoms with Crippen LogP contribution < -0.4 is 10.0 Å². The maximum Gasteiger partial charge on any atom is 0.215 e. The second-order valence-electron chi connectivity index (χ2n) is 6.71. The third-order valence-corrected chi connectivity index (χ3v) is 5.64.